The van der Waals surface area contributed by atoms with Gasteiger partial charge in [-0.15, -0.1) is 10.2 Å². The van der Waals surface area contributed by atoms with Gasteiger partial charge in [-0.25, -0.2) is 0 Å². The third-order valence-corrected chi connectivity index (χ3v) is 3.95. The molecule has 0 aliphatic rings. The van der Waals surface area contributed by atoms with Crippen LogP contribution in [-0.2, 0) is 11.2 Å². The van der Waals surface area contributed by atoms with Crippen molar-refractivity contribution in [2.24, 2.45) is 0 Å². The average molecular weight is 392 g/mol. The van der Waals surface area contributed by atoms with Crippen molar-refractivity contribution in [1.29, 1.82) is 0 Å². The molecule has 26 heavy (non-hydrogen) atoms. The van der Waals surface area contributed by atoms with E-state index in [1.807, 2.05) is 24.3 Å². The molecule has 0 aliphatic carbocycles. The fraction of sp³-hybridized carbons (Fsp3) is 0.167. The van der Waals surface area contributed by atoms with Gasteiger partial charge in [-0.1, -0.05) is 23.2 Å². The first kappa shape index (κ1) is 18.2. The van der Waals surface area contributed by atoms with Crippen LogP contribution in [-0.4, -0.2) is 23.2 Å². The van der Waals surface area contributed by atoms with E-state index in [1.165, 1.54) is 0 Å². The van der Waals surface area contributed by atoms with Gasteiger partial charge in [-0.3, -0.25) is 4.79 Å². The largest absolute Gasteiger partial charge is 0.497 e. The predicted molar refractivity (Wildman–Crippen MR) is 99.7 cm³/mol. The van der Waals surface area contributed by atoms with Crippen molar-refractivity contribution in [3.63, 3.8) is 0 Å². The van der Waals surface area contributed by atoms with Crippen molar-refractivity contribution in [1.82, 2.24) is 10.2 Å². The number of carbonyl (C=O) groups excluding carboxylic acids is 1. The molecule has 0 unspecified atom stereocenters. The number of nitrogens with one attached hydrogen (secondary N) is 1. The summed E-state index contributed by atoms with van der Waals surface area (Å²) in [5.74, 6) is 1.32. The highest BCUT2D eigenvalue weighted by atomic mass is 35.5. The highest BCUT2D eigenvalue weighted by Gasteiger charge is 2.11. The van der Waals surface area contributed by atoms with Crippen LogP contribution in [0.1, 0.15) is 12.3 Å². The lowest BCUT2D eigenvalue weighted by atomic mass is 10.2. The Kier molecular flexibility index (Phi) is 5.75. The van der Waals surface area contributed by atoms with Crippen LogP contribution in [0.25, 0.3) is 11.5 Å². The van der Waals surface area contributed by atoms with Crippen molar-refractivity contribution in [2.45, 2.75) is 12.8 Å². The molecule has 6 nitrogen and oxygen atoms in total. The third-order valence-electron chi connectivity index (χ3n) is 3.52. The summed E-state index contributed by atoms with van der Waals surface area (Å²) in [7, 11) is 1.60. The highest BCUT2D eigenvalue weighted by Crippen LogP contribution is 2.23. The maximum Gasteiger partial charge on any atom is 0.247 e. The molecule has 0 saturated heterocycles. The van der Waals surface area contributed by atoms with E-state index in [1.54, 1.807) is 25.3 Å². The number of hydrogen-bond acceptors (Lipinski definition) is 5. The number of aryl methyl sites for hydroxylation is 1. The Morgan fingerprint density at radius 1 is 1.12 bits per heavy atom. The van der Waals surface area contributed by atoms with Gasteiger partial charge in [-0.05, 0) is 42.5 Å². The molecule has 1 N–H and O–H groups in total. The first-order valence-electron chi connectivity index (χ1n) is 7.76. The molecule has 8 heteroatoms. The number of anilines is 1. The smallest absolute Gasteiger partial charge is 0.247 e. The normalized spacial score (nSPS) is 10.6. The Hall–Kier alpha value is -2.57. The zero-order valence-corrected chi connectivity index (χ0v) is 15.3. The Morgan fingerprint density at radius 3 is 2.46 bits per heavy atom. The minimum atomic E-state index is -0.201. The van der Waals surface area contributed by atoms with E-state index in [4.69, 9.17) is 32.4 Å². The monoisotopic (exact) mass is 391 g/mol. The fourth-order valence-electron chi connectivity index (χ4n) is 2.27. The molecule has 2 aromatic carbocycles. The van der Waals surface area contributed by atoms with Crippen molar-refractivity contribution in [2.75, 3.05) is 12.4 Å². The van der Waals surface area contributed by atoms with Crippen LogP contribution in [0.2, 0.25) is 10.0 Å². The van der Waals surface area contributed by atoms with Gasteiger partial charge in [0.25, 0.3) is 0 Å². The van der Waals surface area contributed by atoms with Crippen molar-refractivity contribution in [3.8, 4) is 17.2 Å². The van der Waals surface area contributed by atoms with Crippen LogP contribution in [0.5, 0.6) is 5.75 Å². The van der Waals surface area contributed by atoms with Crippen LogP contribution in [0.3, 0.4) is 0 Å². The minimum absolute atomic E-state index is 0.189. The molecule has 0 bridgehead atoms. The summed E-state index contributed by atoms with van der Waals surface area (Å²) < 4.78 is 10.7. The lowest BCUT2D eigenvalue weighted by molar-refractivity contribution is -0.116. The zero-order valence-electron chi connectivity index (χ0n) is 13.8. The first-order chi connectivity index (χ1) is 12.5. The molecule has 0 saturated carbocycles. The van der Waals surface area contributed by atoms with Gasteiger partial charge in [-0.2, -0.15) is 0 Å². The molecule has 0 atom stereocenters. The maximum absolute atomic E-state index is 12.1. The molecule has 1 amide bonds. The topological polar surface area (TPSA) is 77.2 Å². The van der Waals surface area contributed by atoms with Crippen LogP contribution in [0.4, 0.5) is 5.69 Å². The number of hydrogen-bond donors (Lipinski definition) is 1. The molecule has 1 heterocycles. The van der Waals surface area contributed by atoms with E-state index in [-0.39, 0.29) is 12.3 Å². The number of halogens is 2. The summed E-state index contributed by atoms with van der Waals surface area (Å²) >= 11 is 11.8. The van der Waals surface area contributed by atoms with E-state index in [2.05, 4.69) is 15.5 Å². The van der Waals surface area contributed by atoms with Gasteiger partial charge in [0.05, 0.1) is 7.11 Å². The summed E-state index contributed by atoms with van der Waals surface area (Å²) in [6.45, 7) is 0. The van der Waals surface area contributed by atoms with Crippen molar-refractivity contribution < 1.29 is 13.9 Å². The quantitative estimate of drug-likeness (QED) is 0.662. The number of nitrogens with zero attached hydrogens (tertiary/aromatic N) is 2. The zero-order chi connectivity index (χ0) is 18.5. The second-order valence-electron chi connectivity index (χ2n) is 5.44. The van der Waals surface area contributed by atoms with Crippen LogP contribution < -0.4 is 10.1 Å². The fourth-order valence-corrected chi connectivity index (χ4v) is 2.80. The van der Waals surface area contributed by atoms with Crippen LogP contribution >= 0.6 is 23.2 Å². The Balaban J connectivity index is 1.57. The number of benzene rings is 2. The Bertz CT molecular complexity index is 890. The molecule has 1 aromatic heterocycles. The number of ether oxygens (including phenoxy) is 1. The van der Waals surface area contributed by atoms with Gasteiger partial charge in [0, 0.05) is 34.1 Å². The van der Waals surface area contributed by atoms with Crippen LogP contribution in [0.15, 0.2) is 46.9 Å². The van der Waals surface area contributed by atoms with E-state index in [0.29, 0.717) is 33.9 Å². The highest BCUT2D eigenvalue weighted by molar-refractivity contribution is 6.35. The van der Waals surface area contributed by atoms with E-state index >= 15 is 0 Å². The molecule has 134 valence electrons. The first-order valence-corrected chi connectivity index (χ1v) is 8.52. The number of rotatable bonds is 6. The Labute approximate surface area is 160 Å². The molecule has 0 aliphatic heterocycles. The number of carbonyl (C=O) groups is 1. The minimum Gasteiger partial charge on any atom is -0.497 e. The van der Waals surface area contributed by atoms with Gasteiger partial charge in [0.1, 0.15) is 5.75 Å². The molecule has 0 fully saturated rings. The van der Waals surface area contributed by atoms with Gasteiger partial charge in [0.15, 0.2) is 0 Å². The van der Waals surface area contributed by atoms with Gasteiger partial charge >= 0.3 is 0 Å². The van der Waals surface area contributed by atoms with Crippen molar-refractivity contribution >= 4 is 34.8 Å². The third kappa shape index (κ3) is 4.74. The average Bonchev–Trinajstić information content (AvgIpc) is 3.08. The van der Waals surface area contributed by atoms with Crippen LogP contribution in [0, 0.1) is 0 Å². The summed E-state index contributed by atoms with van der Waals surface area (Å²) in [6, 6.07) is 12.1. The second kappa shape index (κ2) is 8.21. The van der Waals surface area contributed by atoms with Gasteiger partial charge < -0.3 is 14.5 Å². The molecule has 0 radical (unpaired) electrons. The predicted octanol–water partition coefficient (Wildman–Crippen LogP) is 4.62. The van der Waals surface area contributed by atoms with E-state index in [9.17, 15) is 4.79 Å². The Morgan fingerprint density at radius 2 is 1.81 bits per heavy atom. The van der Waals surface area contributed by atoms with Gasteiger partial charge in [0.2, 0.25) is 17.7 Å². The number of methoxy groups -OCH3 is 1. The molecular formula is C18H15Cl2N3O3. The van der Waals surface area contributed by atoms with Crippen molar-refractivity contribution in [3.05, 3.63) is 58.4 Å². The second-order valence-corrected chi connectivity index (χ2v) is 6.31. The van der Waals surface area contributed by atoms with E-state index in [0.717, 1.165) is 11.3 Å². The summed E-state index contributed by atoms with van der Waals surface area (Å²) in [5.41, 5.74) is 1.32. The summed E-state index contributed by atoms with van der Waals surface area (Å²) in [4.78, 5) is 12.1. The lowest BCUT2D eigenvalue weighted by Crippen LogP contribution is -2.12. The SMILES string of the molecule is COc1ccc(-c2nnc(CCC(=O)Nc3cc(Cl)cc(Cl)c3)o2)cc1. The molecule has 3 rings (SSSR count). The summed E-state index contributed by atoms with van der Waals surface area (Å²) in [6.07, 6.45) is 0.512. The lowest BCUT2D eigenvalue weighted by Gasteiger charge is -2.05. The maximum atomic E-state index is 12.1. The standard InChI is InChI=1S/C18H15Cl2N3O3/c1-25-15-4-2-11(3-5-15)18-23-22-17(26-18)7-6-16(24)21-14-9-12(19)8-13(20)10-14/h2-5,8-10H,6-7H2,1H3,(H,21,24). The number of amides is 1. The number of aromatic nitrogens is 2. The van der Waals surface area contributed by atoms with E-state index < -0.39 is 0 Å². The molecule has 0 spiro atoms. The molecular weight excluding hydrogens is 377 g/mol. The molecule has 3 aromatic rings. The summed E-state index contributed by atoms with van der Waals surface area (Å²) in [5, 5.41) is 11.6.